The Bertz CT molecular complexity index is 2090. The summed E-state index contributed by atoms with van der Waals surface area (Å²) in [5.41, 5.74) is 0.805. The maximum absolute atomic E-state index is 14.0. The van der Waals surface area contributed by atoms with Gasteiger partial charge in [0.25, 0.3) is 11.8 Å². The number of Topliss-reactive ketones (excluding diaryl/α,β-unsaturated/α-hetero) is 1. The van der Waals surface area contributed by atoms with Crippen molar-refractivity contribution in [2.45, 2.75) is 90.1 Å². The standard InChI is InChI=1S/C37H48N8O12S2/c1-6-19(4)29-30(48)34(52)43-25(14-21-7-10-23(46)11-8-21)35-40-22(16-58-35)9-12-28(47)41-26(17-59(55,56)57)31(49)38-15-27(45-36(53)20(5)39-37(45)54)33(51)42-24(13-18(2)3)32(50)44-29/h7-12,16,18-20,24-27,29,46H,6,13-15,17H2,1-5H3,(H,38,49)(H,39,54)(H,41,47)(H,42,51)(H,43,52)(H,44,50)(H,55,56,57)/p-1/b12-9+/t19-,20-,24-,25-,26-,27-,29-/m0/s1. The van der Waals surface area contributed by atoms with E-state index in [0.717, 1.165) is 17.4 Å². The number of amides is 8. The minimum absolute atomic E-state index is 0.0118. The lowest BCUT2D eigenvalue weighted by Crippen LogP contribution is -2.61. The van der Waals surface area contributed by atoms with Crippen LogP contribution in [-0.4, -0.2) is 118 Å². The summed E-state index contributed by atoms with van der Waals surface area (Å²) in [6, 6.07) is -3.68. The molecule has 7 atom stereocenters. The first-order chi connectivity index (χ1) is 27.7. The van der Waals surface area contributed by atoms with Crippen molar-refractivity contribution in [3.63, 3.8) is 0 Å². The molecule has 3 heterocycles. The minimum Gasteiger partial charge on any atom is -0.748 e. The van der Waals surface area contributed by atoms with Gasteiger partial charge in [0.1, 0.15) is 34.9 Å². The second-order valence-electron chi connectivity index (χ2n) is 14.7. The highest BCUT2D eigenvalue weighted by Crippen LogP contribution is 2.25. The summed E-state index contributed by atoms with van der Waals surface area (Å²) in [7, 11) is -5.16. The summed E-state index contributed by atoms with van der Waals surface area (Å²) in [6.07, 6.45) is 2.48. The number of phenols is 1. The molecule has 1 saturated heterocycles. The molecule has 0 spiro atoms. The number of imide groups is 1. The number of carbonyl (C=O) groups is 8. The first kappa shape index (κ1) is 46.0. The van der Waals surface area contributed by atoms with Gasteiger partial charge in [-0.25, -0.2) is 23.1 Å². The van der Waals surface area contributed by atoms with Gasteiger partial charge in [-0.1, -0.05) is 46.2 Å². The van der Waals surface area contributed by atoms with E-state index in [1.807, 2.05) is 0 Å². The average Bonchev–Trinajstić information content (AvgIpc) is 3.74. The second-order valence-corrected chi connectivity index (χ2v) is 17.0. The highest BCUT2D eigenvalue weighted by Gasteiger charge is 2.44. The predicted molar refractivity (Wildman–Crippen MR) is 210 cm³/mol. The molecule has 59 heavy (non-hydrogen) atoms. The maximum Gasteiger partial charge on any atom is 0.325 e. The van der Waals surface area contributed by atoms with Crippen LogP contribution in [0.15, 0.2) is 35.7 Å². The van der Waals surface area contributed by atoms with Gasteiger partial charge < -0.3 is 41.6 Å². The van der Waals surface area contributed by atoms with Crippen LogP contribution in [0.1, 0.15) is 69.8 Å². The first-order valence-corrected chi connectivity index (χ1v) is 21.1. The molecule has 320 valence electrons. The van der Waals surface area contributed by atoms with Crippen molar-refractivity contribution in [1.82, 2.24) is 41.8 Å². The van der Waals surface area contributed by atoms with Crippen molar-refractivity contribution in [2.75, 3.05) is 12.3 Å². The van der Waals surface area contributed by atoms with Crippen LogP contribution in [0.4, 0.5) is 4.79 Å². The Morgan fingerprint density at radius 3 is 2.15 bits per heavy atom. The Labute approximate surface area is 344 Å². The number of thiazole rings is 1. The number of aromatic hydroxyl groups is 1. The Kier molecular flexibility index (Phi) is 15.4. The van der Waals surface area contributed by atoms with E-state index in [1.165, 1.54) is 30.5 Å². The van der Waals surface area contributed by atoms with Crippen molar-refractivity contribution in [3.05, 3.63) is 52.0 Å². The molecule has 0 aliphatic carbocycles. The number of carbonyl (C=O) groups excluding carboxylic acids is 8. The normalized spacial score (nSPS) is 25.4. The summed E-state index contributed by atoms with van der Waals surface area (Å²) in [5.74, 6) is -9.54. The van der Waals surface area contributed by atoms with Gasteiger partial charge in [-0.3, -0.25) is 33.6 Å². The lowest BCUT2D eigenvalue weighted by atomic mass is 9.93. The van der Waals surface area contributed by atoms with E-state index in [2.05, 4.69) is 36.9 Å². The molecule has 1 aromatic carbocycles. The van der Waals surface area contributed by atoms with Crippen LogP contribution >= 0.6 is 11.3 Å². The monoisotopic (exact) mass is 859 g/mol. The molecular formula is C37H47N8O12S2-. The molecule has 0 saturated carbocycles. The van der Waals surface area contributed by atoms with E-state index < -0.39 is 112 Å². The molecule has 1 aromatic heterocycles. The molecule has 0 unspecified atom stereocenters. The van der Waals surface area contributed by atoms with Crippen LogP contribution in [0.2, 0.25) is 0 Å². The molecule has 8 amide bonds. The lowest BCUT2D eigenvalue weighted by Gasteiger charge is -2.30. The zero-order chi connectivity index (χ0) is 43.8. The van der Waals surface area contributed by atoms with Crippen LogP contribution in [0.5, 0.6) is 5.75 Å². The molecule has 2 aliphatic rings. The van der Waals surface area contributed by atoms with Gasteiger partial charge >= 0.3 is 6.03 Å². The topological polar surface area (TPSA) is 302 Å². The Hall–Kier alpha value is -5.74. The van der Waals surface area contributed by atoms with Gasteiger partial charge in [0, 0.05) is 18.0 Å². The molecule has 2 aliphatic heterocycles. The van der Waals surface area contributed by atoms with Gasteiger partial charge in [0.05, 0.1) is 33.6 Å². The van der Waals surface area contributed by atoms with E-state index >= 15 is 0 Å². The third kappa shape index (κ3) is 12.6. The third-order valence-electron chi connectivity index (χ3n) is 9.54. The molecule has 2 bridgehead atoms. The third-order valence-corrected chi connectivity index (χ3v) is 11.3. The highest BCUT2D eigenvalue weighted by atomic mass is 32.2. The number of nitrogens with one attached hydrogen (secondary N) is 6. The largest absolute Gasteiger partial charge is 0.748 e. The molecule has 4 rings (SSSR count). The van der Waals surface area contributed by atoms with Crippen molar-refractivity contribution in [1.29, 1.82) is 0 Å². The van der Waals surface area contributed by atoms with Crippen LogP contribution < -0.4 is 31.9 Å². The van der Waals surface area contributed by atoms with E-state index in [9.17, 15) is 56.4 Å². The smallest absolute Gasteiger partial charge is 0.325 e. The predicted octanol–water partition coefficient (Wildman–Crippen LogP) is -0.638. The second kappa shape index (κ2) is 19.8. The maximum atomic E-state index is 14.0. The lowest BCUT2D eigenvalue weighted by molar-refractivity contribution is -0.142. The van der Waals surface area contributed by atoms with Gasteiger partial charge in [0.2, 0.25) is 29.4 Å². The Balaban J connectivity index is 1.80. The summed E-state index contributed by atoms with van der Waals surface area (Å²) in [4.78, 5) is 113. The molecule has 0 radical (unpaired) electrons. The van der Waals surface area contributed by atoms with Crippen molar-refractivity contribution in [3.8, 4) is 5.75 Å². The van der Waals surface area contributed by atoms with Crippen molar-refractivity contribution < 1.29 is 56.4 Å². The number of benzene rings is 1. The van der Waals surface area contributed by atoms with E-state index in [-0.39, 0.29) is 35.2 Å². The van der Waals surface area contributed by atoms with E-state index in [1.54, 1.807) is 39.8 Å². The van der Waals surface area contributed by atoms with Crippen LogP contribution in [0, 0.1) is 11.8 Å². The number of phenolic OH excluding ortho intramolecular Hbond substituents is 1. The molecule has 1 fully saturated rings. The summed E-state index contributed by atoms with van der Waals surface area (Å²) < 4.78 is 35.4. The summed E-state index contributed by atoms with van der Waals surface area (Å²) in [5, 5.41) is 26.1. The fourth-order valence-corrected chi connectivity index (χ4v) is 7.69. The Morgan fingerprint density at radius 1 is 0.881 bits per heavy atom. The average molecular weight is 860 g/mol. The van der Waals surface area contributed by atoms with E-state index in [0.29, 0.717) is 16.9 Å². The SMILES string of the molecule is CC[C@H](C)[C@@H]1NC(=O)[C@H](CC(C)C)NC(=O)[C@@H](N2C(=O)N[C@@H](C)C2=O)CNC(=O)[C@H](CS(=O)(=O)[O-])NC(=O)/C=C/c2csc(n2)[C@H](Cc2ccc(O)cc2)NC(=O)C1=O. The van der Waals surface area contributed by atoms with Crippen LogP contribution in [0.25, 0.3) is 6.08 Å². The fraction of sp³-hybridized carbons (Fsp3) is 0.486. The number of hydrogen-bond donors (Lipinski definition) is 7. The number of urea groups is 1. The van der Waals surface area contributed by atoms with Crippen molar-refractivity contribution in [2.24, 2.45) is 11.8 Å². The zero-order valence-electron chi connectivity index (χ0n) is 32.8. The Morgan fingerprint density at radius 2 is 1.56 bits per heavy atom. The summed E-state index contributed by atoms with van der Waals surface area (Å²) >= 11 is 1.06. The molecular weight excluding hydrogens is 813 g/mol. The number of ketones is 1. The number of rotatable bonds is 9. The van der Waals surface area contributed by atoms with Crippen LogP contribution in [-0.2, 0) is 50.1 Å². The van der Waals surface area contributed by atoms with Gasteiger partial charge in [-0.05, 0) is 55.4 Å². The van der Waals surface area contributed by atoms with Crippen molar-refractivity contribution >= 4 is 74.8 Å². The van der Waals surface area contributed by atoms with Gasteiger partial charge in [-0.15, -0.1) is 11.3 Å². The first-order valence-electron chi connectivity index (χ1n) is 18.7. The summed E-state index contributed by atoms with van der Waals surface area (Å²) in [6.45, 7) is 7.33. The zero-order valence-corrected chi connectivity index (χ0v) is 34.5. The number of nitrogens with zero attached hydrogens (tertiary/aromatic N) is 2. The minimum atomic E-state index is -5.16. The van der Waals surface area contributed by atoms with Crippen LogP contribution in [0.3, 0.4) is 0 Å². The quantitative estimate of drug-likeness (QED) is 0.0940. The molecule has 7 N–H and O–H groups in total. The number of aromatic nitrogens is 1. The van der Waals surface area contributed by atoms with Gasteiger partial charge in [-0.2, -0.15) is 0 Å². The van der Waals surface area contributed by atoms with E-state index in [4.69, 9.17) is 0 Å². The number of fused-ring (bicyclic) bond motifs is 2. The highest BCUT2D eigenvalue weighted by molar-refractivity contribution is 7.85. The number of hydrogen-bond acceptors (Lipinski definition) is 14. The molecule has 20 nitrogen and oxygen atoms in total. The van der Waals surface area contributed by atoms with Gasteiger partial charge in [0.15, 0.2) is 0 Å². The molecule has 22 heteroatoms. The fourth-order valence-electron chi connectivity index (χ4n) is 6.21. The molecule has 2 aromatic rings.